The SMILES string of the molecule is Cc1cc(C(=O)Nc2cccc(Nc3ccc4c(/C=C/c5ncc[nH]5)n[nH]c4c3)c2)n(C)n1. The number of aryl methyl sites for hydroxylation is 2. The van der Waals surface area contributed by atoms with Gasteiger partial charge >= 0.3 is 0 Å². The molecule has 9 nitrogen and oxygen atoms in total. The number of hydrogen-bond acceptors (Lipinski definition) is 5. The fourth-order valence-electron chi connectivity index (χ4n) is 3.63. The Balaban J connectivity index is 1.31. The van der Waals surface area contributed by atoms with Crippen LogP contribution in [0.2, 0.25) is 0 Å². The maximum Gasteiger partial charge on any atom is 0.273 e. The summed E-state index contributed by atoms with van der Waals surface area (Å²) in [5, 5.41) is 19.0. The maximum absolute atomic E-state index is 12.6. The average Bonchev–Trinajstić information content (AvgIpc) is 3.52. The molecule has 0 saturated heterocycles. The van der Waals surface area contributed by atoms with Gasteiger partial charge in [0.1, 0.15) is 11.5 Å². The van der Waals surface area contributed by atoms with E-state index in [0.717, 1.165) is 39.5 Å². The Kier molecular flexibility index (Phi) is 5.19. The predicted molar refractivity (Wildman–Crippen MR) is 129 cm³/mol. The van der Waals surface area contributed by atoms with Crippen LogP contribution in [-0.2, 0) is 7.05 Å². The molecule has 0 fully saturated rings. The minimum atomic E-state index is -0.204. The Morgan fingerprint density at radius 1 is 1.06 bits per heavy atom. The Labute approximate surface area is 189 Å². The summed E-state index contributed by atoms with van der Waals surface area (Å²) < 4.78 is 1.57. The van der Waals surface area contributed by atoms with Crippen LogP contribution >= 0.6 is 0 Å². The average molecular weight is 438 g/mol. The van der Waals surface area contributed by atoms with Crippen molar-refractivity contribution in [2.75, 3.05) is 10.6 Å². The number of amides is 1. The minimum Gasteiger partial charge on any atom is -0.355 e. The summed E-state index contributed by atoms with van der Waals surface area (Å²) in [7, 11) is 1.75. The van der Waals surface area contributed by atoms with Gasteiger partial charge in [-0.15, -0.1) is 0 Å². The molecular weight excluding hydrogens is 416 g/mol. The zero-order chi connectivity index (χ0) is 22.8. The molecule has 0 aliphatic heterocycles. The highest BCUT2D eigenvalue weighted by atomic mass is 16.2. The maximum atomic E-state index is 12.6. The topological polar surface area (TPSA) is 116 Å². The zero-order valence-electron chi connectivity index (χ0n) is 18.1. The lowest BCUT2D eigenvalue weighted by atomic mass is 10.1. The van der Waals surface area contributed by atoms with Gasteiger partial charge in [0.25, 0.3) is 5.91 Å². The van der Waals surface area contributed by atoms with Gasteiger partial charge in [-0.1, -0.05) is 6.07 Å². The second-order valence-electron chi connectivity index (χ2n) is 7.63. The molecule has 164 valence electrons. The van der Waals surface area contributed by atoms with E-state index in [4.69, 9.17) is 0 Å². The number of nitrogens with one attached hydrogen (secondary N) is 4. The van der Waals surface area contributed by atoms with Crippen LogP contribution in [0.4, 0.5) is 17.1 Å². The predicted octanol–water partition coefficient (Wildman–Crippen LogP) is 4.49. The van der Waals surface area contributed by atoms with Crippen molar-refractivity contribution in [1.29, 1.82) is 0 Å². The van der Waals surface area contributed by atoms with E-state index in [9.17, 15) is 4.79 Å². The summed E-state index contributed by atoms with van der Waals surface area (Å²) in [6.07, 6.45) is 7.29. The Morgan fingerprint density at radius 2 is 1.91 bits per heavy atom. The van der Waals surface area contributed by atoms with Crippen LogP contribution in [-0.4, -0.2) is 35.9 Å². The van der Waals surface area contributed by atoms with Gasteiger partial charge in [0.2, 0.25) is 0 Å². The van der Waals surface area contributed by atoms with Crippen molar-refractivity contribution in [1.82, 2.24) is 29.9 Å². The minimum absolute atomic E-state index is 0.204. The normalized spacial score (nSPS) is 11.3. The quantitative estimate of drug-likeness (QED) is 0.312. The van der Waals surface area contributed by atoms with E-state index in [0.29, 0.717) is 11.4 Å². The fourth-order valence-corrected chi connectivity index (χ4v) is 3.63. The molecule has 5 aromatic rings. The van der Waals surface area contributed by atoms with Crippen LogP contribution < -0.4 is 10.6 Å². The first-order valence-electron chi connectivity index (χ1n) is 10.4. The van der Waals surface area contributed by atoms with Crippen LogP contribution in [0.1, 0.15) is 27.7 Å². The molecule has 0 aliphatic rings. The molecule has 2 aromatic carbocycles. The van der Waals surface area contributed by atoms with Crippen molar-refractivity contribution in [3.63, 3.8) is 0 Å². The van der Waals surface area contributed by atoms with Gasteiger partial charge in [0.15, 0.2) is 0 Å². The van der Waals surface area contributed by atoms with E-state index < -0.39 is 0 Å². The first-order valence-corrected chi connectivity index (χ1v) is 10.4. The number of carbonyl (C=O) groups is 1. The van der Waals surface area contributed by atoms with Crippen molar-refractivity contribution in [3.05, 3.63) is 83.8 Å². The molecule has 5 rings (SSSR count). The second kappa shape index (κ2) is 8.46. The molecular formula is C24H22N8O. The monoisotopic (exact) mass is 438 g/mol. The van der Waals surface area contributed by atoms with E-state index in [1.807, 2.05) is 61.5 Å². The molecule has 0 spiro atoms. The van der Waals surface area contributed by atoms with E-state index in [1.165, 1.54) is 0 Å². The number of H-pyrrole nitrogens is 2. The largest absolute Gasteiger partial charge is 0.355 e. The van der Waals surface area contributed by atoms with Crippen molar-refractivity contribution < 1.29 is 4.79 Å². The molecule has 0 saturated carbocycles. The van der Waals surface area contributed by atoms with Crippen molar-refractivity contribution in [2.45, 2.75) is 6.92 Å². The number of aromatic amines is 2. The summed E-state index contributed by atoms with van der Waals surface area (Å²) in [4.78, 5) is 19.8. The highest BCUT2D eigenvalue weighted by molar-refractivity contribution is 6.03. The molecule has 4 N–H and O–H groups in total. The van der Waals surface area contributed by atoms with Crippen LogP contribution in [0.3, 0.4) is 0 Å². The highest BCUT2D eigenvalue weighted by Crippen LogP contribution is 2.25. The number of fused-ring (bicyclic) bond motifs is 1. The number of carbonyl (C=O) groups excluding carboxylic acids is 1. The summed E-state index contributed by atoms with van der Waals surface area (Å²) in [6, 6.07) is 15.3. The van der Waals surface area contributed by atoms with Gasteiger partial charge in [-0.25, -0.2) is 4.98 Å². The van der Waals surface area contributed by atoms with Crippen molar-refractivity contribution in [3.8, 4) is 0 Å². The lowest BCUT2D eigenvalue weighted by molar-refractivity contribution is 0.101. The van der Waals surface area contributed by atoms with E-state index in [2.05, 4.69) is 35.9 Å². The van der Waals surface area contributed by atoms with Gasteiger partial charge in [0.05, 0.1) is 16.9 Å². The van der Waals surface area contributed by atoms with Gasteiger partial charge in [0, 0.05) is 41.9 Å². The Bertz CT molecular complexity index is 1460. The number of aromatic nitrogens is 6. The lowest BCUT2D eigenvalue weighted by Gasteiger charge is -2.10. The first-order chi connectivity index (χ1) is 16.0. The smallest absolute Gasteiger partial charge is 0.273 e. The third-order valence-electron chi connectivity index (χ3n) is 5.15. The number of hydrogen-bond donors (Lipinski definition) is 4. The number of imidazole rings is 1. The second-order valence-corrected chi connectivity index (χ2v) is 7.63. The molecule has 0 atom stereocenters. The third kappa shape index (κ3) is 4.38. The molecule has 1 amide bonds. The van der Waals surface area contributed by atoms with Gasteiger partial charge in [-0.05, 0) is 61.5 Å². The molecule has 3 aromatic heterocycles. The van der Waals surface area contributed by atoms with Gasteiger partial charge in [-0.2, -0.15) is 10.2 Å². The summed E-state index contributed by atoms with van der Waals surface area (Å²) in [5.74, 6) is 0.569. The highest BCUT2D eigenvalue weighted by Gasteiger charge is 2.12. The Hall–Kier alpha value is -4.66. The summed E-state index contributed by atoms with van der Waals surface area (Å²) >= 11 is 0. The summed E-state index contributed by atoms with van der Waals surface area (Å²) in [6.45, 7) is 1.86. The lowest BCUT2D eigenvalue weighted by Crippen LogP contribution is -2.16. The van der Waals surface area contributed by atoms with E-state index >= 15 is 0 Å². The standard InChI is InChI=1S/C24H22N8O/c1-15-12-22(32(2)31-15)24(33)28-17-5-3-4-16(13-17)27-18-6-7-19-20(29-30-21(19)14-18)8-9-23-25-10-11-26-23/h3-14,27H,1-2H3,(H,25,26)(H,28,33)(H,29,30)/b9-8+. The molecule has 0 radical (unpaired) electrons. The zero-order valence-corrected chi connectivity index (χ0v) is 18.1. The van der Waals surface area contributed by atoms with Crippen LogP contribution in [0.25, 0.3) is 23.1 Å². The number of anilines is 3. The third-order valence-corrected chi connectivity index (χ3v) is 5.15. The van der Waals surface area contributed by atoms with E-state index in [1.54, 1.807) is 30.2 Å². The van der Waals surface area contributed by atoms with Crippen LogP contribution in [0.15, 0.2) is 60.9 Å². The molecule has 3 heterocycles. The van der Waals surface area contributed by atoms with Gasteiger partial charge in [-0.3, -0.25) is 14.6 Å². The molecule has 9 heteroatoms. The first kappa shape index (κ1) is 20.3. The molecule has 0 unspecified atom stereocenters. The number of nitrogens with zero attached hydrogens (tertiary/aromatic N) is 4. The number of rotatable bonds is 6. The van der Waals surface area contributed by atoms with E-state index in [-0.39, 0.29) is 5.91 Å². The fraction of sp³-hybridized carbons (Fsp3) is 0.0833. The summed E-state index contributed by atoms with van der Waals surface area (Å²) in [5.41, 5.74) is 5.50. The van der Waals surface area contributed by atoms with Gasteiger partial charge < -0.3 is 15.6 Å². The van der Waals surface area contributed by atoms with Crippen LogP contribution in [0.5, 0.6) is 0 Å². The number of benzene rings is 2. The molecule has 0 aliphatic carbocycles. The Morgan fingerprint density at radius 3 is 2.70 bits per heavy atom. The van der Waals surface area contributed by atoms with Crippen molar-refractivity contribution >= 4 is 46.0 Å². The molecule has 33 heavy (non-hydrogen) atoms. The van der Waals surface area contributed by atoms with Crippen molar-refractivity contribution in [2.24, 2.45) is 7.05 Å². The molecule has 0 bridgehead atoms. The van der Waals surface area contributed by atoms with Crippen LogP contribution in [0, 0.1) is 6.92 Å².